The quantitative estimate of drug-likeness (QED) is 0.517. The lowest BCUT2D eigenvalue weighted by Crippen LogP contribution is -2.17. The second-order valence-corrected chi connectivity index (χ2v) is 7.45. The van der Waals surface area contributed by atoms with Gasteiger partial charge in [0.2, 0.25) is 10.1 Å². The van der Waals surface area contributed by atoms with Gasteiger partial charge in [-0.2, -0.15) is 13.2 Å². The highest BCUT2D eigenvalue weighted by Crippen LogP contribution is 2.36. The average molecular weight is 398 g/mol. The number of aromatic nitrogens is 5. The van der Waals surface area contributed by atoms with Crippen molar-refractivity contribution in [2.75, 3.05) is 19.0 Å². The predicted molar refractivity (Wildman–Crippen MR) is 93.3 cm³/mol. The lowest BCUT2D eigenvalue weighted by molar-refractivity contribution is -0.138. The van der Waals surface area contributed by atoms with Gasteiger partial charge in [0.25, 0.3) is 5.56 Å². The van der Waals surface area contributed by atoms with Crippen LogP contribution in [-0.2, 0) is 6.18 Å². The number of fused-ring (bicyclic) bond motifs is 3. The molecule has 0 N–H and O–H groups in total. The van der Waals surface area contributed by atoms with Crippen LogP contribution in [0.5, 0.6) is 0 Å². The number of hydrogen-bond donors (Lipinski definition) is 0. The molecule has 0 radical (unpaired) electrons. The Hall–Kier alpha value is -2.60. The highest BCUT2D eigenvalue weighted by atomic mass is 32.1. The number of anilines is 1. The molecule has 0 amide bonds. The zero-order valence-corrected chi connectivity index (χ0v) is 14.9. The maximum atomic E-state index is 12.8. The summed E-state index contributed by atoms with van der Waals surface area (Å²) in [5.74, 6) is 0. The molecule has 4 heterocycles. The van der Waals surface area contributed by atoms with E-state index in [1.54, 1.807) is 6.20 Å². The van der Waals surface area contributed by atoms with Crippen LogP contribution in [0.4, 0.5) is 18.9 Å². The Bertz CT molecular complexity index is 1190. The van der Waals surface area contributed by atoms with Crippen molar-refractivity contribution in [2.24, 2.45) is 0 Å². The predicted octanol–water partition coefficient (Wildman–Crippen LogP) is 2.93. The van der Waals surface area contributed by atoms with Gasteiger partial charge in [-0.05, 0) is 6.07 Å². The van der Waals surface area contributed by atoms with Crippen molar-refractivity contribution >= 4 is 48.8 Å². The SMILES string of the molecule is CN(C)c1ccnc2sc3c(=O)n(-c4nnc(C(F)(F)F)s4)cnc3c12. The maximum absolute atomic E-state index is 12.8. The van der Waals surface area contributed by atoms with Crippen molar-refractivity contribution in [3.8, 4) is 5.13 Å². The summed E-state index contributed by atoms with van der Waals surface area (Å²) >= 11 is 1.43. The Kier molecular flexibility index (Phi) is 3.70. The molecule has 0 aliphatic heterocycles. The molecule has 12 heteroatoms. The van der Waals surface area contributed by atoms with Gasteiger partial charge in [0.1, 0.15) is 21.4 Å². The second-order valence-electron chi connectivity index (χ2n) is 5.49. The molecule has 0 unspecified atom stereocenters. The maximum Gasteiger partial charge on any atom is 0.445 e. The lowest BCUT2D eigenvalue weighted by atomic mass is 10.2. The van der Waals surface area contributed by atoms with Crippen LogP contribution in [0.1, 0.15) is 5.01 Å². The average Bonchev–Trinajstić information content (AvgIpc) is 3.19. The van der Waals surface area contributed by atoms with Crippen LogP contribution in [0.2, 0.25) is 0 Å². The van der Waals surface area contributed by atoms with E-state index in [-0.39, 0.29) is 16.5 Å². The minimum atomic E-state index is -4.61. The van der Waals surface area contributed by atoms with Crippen LogP contribution < -0.4 is 10.5 Å². The normalized spacial score (nSPS) is 12.2. The summed E-state index contributed by atoms with van der Waals surface area (Å²) in [5.41, 5.74) is 0.803. The van der Waals surface area contributed by atoms with Crippen molar-refractivity contribution in [1.29, 1.82) is 0 Å². The first kappa shape index (κ1) is 16.8. The van der Waals surface area contributed by atoms with Gasteiger partial charge in [0.05, 0.1) is 11.1 Å². The largest absolute Gasteiger partial charge is 0.445 e. The third-order valence-corrected chi connectivity index (χ3v) is 5.65. The third-order valence-electron chi connectivity index (χ3n) is 3.60. The molecule has 0 aliphatic rings. The Labute approximate surface area is 151 Å². The van der Waals surface area contributed by atoms with E-state index >= 15 is 0 Å². The highest BCUT2D eigenvalue weighted by molar-refractivity contribution is 7.25. The molecule has 4 aromatic heterocycles. The topological polar surface area (TPSA) is 76.8 Å². The molecule has 0 aromatic carbocycles. The van der Waals surface area contributed by atoms with Crippen LogP contribution in [0.15, 0.2) is 23.4 Å². The van der Waals surface area contributed by atoms with Crippen LogP contribution >= 0.6 is 22.7 Å². The molecule has 0 atom stereocenters. The summed E-state index contributed by atoms with van der Waals surface area (Å²) in [6.07, 6.45) is -1.81. The second kappa shape index (κ2) is 5.71. The monoisotopic (exact) mass is 398 g/mol. The fourth-order valence-corrected chi connectivity index (χ4v) is 4.20. The Balaban J connectivity index is 1.96. The third kappa shape index (κ3) is 2.52. The Morgan fingerprint density at radius 2 is 1.92 bits per heavy atom. The van der Waals surface area contributed by atoms with E-state index in [0.717, 1.165) is 27.0 Å². The van der Waals surface area contributed by atoms with E-state index in [2.05, 4.69) is 20.2 Å². The summed E-state index contributed by atoms with van der Waals surface area (Å²) in [6, 6.07) is 1.81. The molecule has 0 saturated carbocycles. The first-order valence-corrected chi connectivity index (χ1v) is 8.78. The molecule has 134 valence electrons. The minimum absolute atomic E-state index is 0.185. The number of hydrogen-bond acceptors (Lipinski definition) is 8. The van der Waals surface area contributed by atoms with Gasteiger partial charge in [0.15, 0.2) is 0 Å². The van der Waals surface area contributed by atoms with E-state index < -0.39 is 16.7 Å². The summed E-state index contributed by atoms with van der Waals surface area (Å²) in [5, 5.41) is 6.01. The smallest absolute Gasteiger partial charge is 0.377 e. The minimum Gasteiger partial charge on any atom is -0.377 e. The van der Waals surface area contributed by atoms with Crippen molar-refractivity contribution in [3.63, 3.8) is 0 Å². The van der Waals surface area contributed by atoms with Crippen molar-refractivity contribution in [3.05, 3.63) is 34.0 Å². The first-order valence-electron chi connectivity index (χ1n) is 7.14. The van der Waals surface area contributed by atoms with Gasteiger partial charge < -0.3 is 4.90 Å². The molecule has 26 heavy (non-hydrogen) atoms. The van der Waals surface area contributed by atoms with Gasteiger partial charge in [-0.3, -0.25) is 4.79 Å². The number of pyridine rings is 1. The summed E-state index contributed by atoms with van der Waals surface area (Å²) in [6.45, 7) is 0. The van der Waals surface area contributed by atoms with Gasteiger partial charge in [-0.15, -0.1) is 21.5 Å². The molecule has 0 fully saturated rings. The number of thiophene rings is 1. The van der Waals surface area contributed by atoms with Crippen molar-refractivity contribution in [2.45, 2.75) is 6.18 Å². The zero-order chi connectivity index (χ0) is 18.6. The molecule has 7 nitrogen and oxygen atoms in total. The number of nitrogens with zero attached hydrogens (tertiary/aromatic N) is 6. The van der Waals surface area contributed by atoms with Crippen LogP contribution in [0.3, 0.4) is 0 Å². The molecule has 0 aliphatic carbocycles. The van der Waals surface area contributed by atoms with E-state index in [0.29, 0.717) is 15.0 Å². The van der Waals surface area contributed by atoms with Gasteiger partial charge in [0, 0.05) is 20.3 Å². The molecular formula is C14H9F3N6OS2. The highest BCUT2D eigenvalue weighted by Gasteiger charge is 2.36. The number of alkyl halides is 3. The molecule has 0 spiro atoms. The Morgan fingerprint density at radius 1 is 1.15 bits per heavy atom. The Morgan fingerprint density at radius 3 is 2.58 bits per heavy atom. The van der Waals surface area contributed by atoms with Crippen molar-refractivity contribution < 1.29 is 13.2 Å². The van der Waals surface area contributed by atoms with Gasteiger partial charge in [-0.25, -0.2) is 14.5 Å². The van der Waals surface area contributed by atoms with Gasteiger partial charge in [-0.1, -0.05) is 11.3 Å². The van der Waals surface area contributed by atoms with Gasteiger partial charge >= 0.3 is 6.18 Å². The summed E-state index contributed by atoms with van der Waals surface area (Å²) in [7, 11) is 3.72. The summed E-state index contributed by atoms with van der Waals surface area (Å²) < 4.78 is 39.4. The standard InChI is InChI=1S/C14H9F3N6OS2/c1-22(2)6-3-4-18-10-7(6)8-9(25-10)11(24)23(5-19-8)13-21-20-12(26-13)14(15,16)17/h3-5H,1-2H3. The number of rotatable bonds is 2. The van der Waals surface area contributed by atoms with Crippen molar-refractivity contribution in [1.82, 2.24) is 24.7 Å². The van der Waals surface area contributed by atoms with E-state index in [4.69, 9.17) is 0 Å². The molecular weight excluding hydrogens is 389 g/mol. The lowest BCUT2D eigenvalue weighted by Gasteiger charge is -2.13. The fraction of sp³-hybridized carbons (Fsp3) is 0.214. The number of halogens is 3. The molecule has 0 saturated heterocycles. The first-order chi connectivity index (χ1) is 12.3. The van der Waals surface area contributed by atoms with E-state index in [9.17, 15) is 18.0 Å². The fourth-order valence-electron chi connectivity index (χ4n) is 2.47. The molecule has 4 rings (SSSR count). The van der Waals surface area contributed by atoms with Crippen LogP contribution in [0.25, 0.3) is 25.6 Å². The van der Waals surface area contributed by atoms with E-state index in [1.807, 2.05) is 25.1 Å². The zero-order valence-electron chi connectivity index (χ0n) is 13.3. The molecule has 0 bridgehead atoms. The van der Waals surface area contributed by atoms with Crippen LogP contribution in [-0.4, -0.2) is 38.8 Å². The van der Waals surface area contributed by atoms with E-state index in [1.165, 1.54) is 6.33 Å². The summed E-state index contributed by atoms with van der Waals surface area (Å²) in [4.78, 5) is 23.8. The van der Waals surface area contributed by atoms with Crippen LogP contribution in [0, 0.1) is 0 Å². The molecule has 4 aromatic rings.